The molecule has 0 N–H and O–H groups in total. The van der Waals surface area contributed by atoms with Crippen LogP contribution >= 0.6 is 0 Å². The van der Waals surface area contributed by atoms with E-state index in [1.807, 2.05) is 42.6 Å². The second-order valence-electron chi connectivity index (χ2n) is 14.7. The maximum Gasteiger partial charge on any atom is 0.262 e. The van der Waals surface area contributed by atoms with E-state index in [-0.39, 0.29) is 5.56 Å². The number of benzene rings is 6. The Kier molecular flexibility index (Phi) is 6.64. The Morgan fingerprint density at radius 2 is 1.20 bits per heavy atom. The van der Waals surface area contributed by atoms with Crippen molar-refractivity contribution in [3.8, 4) is 17.2 Å². The Labute approximate surface area is 293 Å². The maximum atomic E-state index is 13.9. The van der Waals surface area contributed by atoms with Gasteiger partial charge in [0.25, 0.3) is 5.56 Å². The molecule has 0 amide bonds. The van der Waals surface area contributed by atoms with E-state index in [2.05, 4.69) is 135 Å². The highest BCUT2D eigenvalue weighted by Gasteiger charge is 2.51. The third-order valence-electron chi connectivity index (χ3n) is 10.6. The minimum Gasteiger partial charge on any atom is -0.457 e. The molecule has 7 aromatic rings. The molecule has 1 aromatic heterocycles. The van der Waals surface area contributed by atoms with Crippen LogP contribution in [0.4, 0.5) is 17.1 Å². The zero-order valence-corrected chi connectivity index (χ0v) is 30.0. The fourth-order valence-electron chi connectivity index (χ4n) is 8.19. The van der Waals surface area contributed by atoms with Crippen molar-refractivity contribution >= 4 is 41.1 Å². The van der Waals surface area contributed by atoms with Crippen molar-refractivity contribution in [1.82, 2.24) is 4.57 Å². The van der Waals surface area contributed by atoms with Gasteiger partial charge in [0.15, 0.2) is 0 Å². The number of aromatic nitrogens is 1. The molecular weight excluding hydrogens is 629 g/mol. The summed E-state index contributed by atoms with van der Waals surface area (Å²) >= 11 is 0. The number of hydrogen-bond acceptors (Lipinski definition) is 3. The molecule has 6 aromatic carbocycles. The molecule has 244 valence electrons. The van der Waals surface area contributed by atoms with Gasteiger partial charge < -0.3 is 9.64 Å². The lowest BCUT2D eigenvalue weighted by molar-refractivity contribution is 0.434. The van der Waals surface area contributed by atoms with Gasteiger partial charge in [0, 0.05) is 34.1 Å². The van der Waals surface area contributed by atoms with Crippen molar-refractivity contribution in [3.05, 3.63) is 183 Å². The van der Waals surface area contributed by atoms with Crippen LogP contribution in [0, 0.1) is 13.8 Å². The molecule has 0 aliphatic carbocycles. The normalized spacial score (nSPS) is 14.1. The highest BCUT2D eigenvalue weighted by Crippen LogP contribution is 2.62. The summed E-state index contributed by atoms with van der Waals surface area (Å²) in [6, 6.07) is 47.3. The van der Waals surface area contributed by atoms with Gasteiger partial charge in [0.2, 0.25) is 0 Å². The lowest BCUT2D eigenvalue weighted by Crippen LogP contribution is -2.43. The van der Waals surface area contributed by atoms with Crippen molar-refractivity contribution in [2.24, 2.45) is 0 Å². The fraction of sp³-hybridized carbons (Fsp3) is 0.133. The van der Waals surface area contributed by atoms with Gasteiger partial charge in [0.1, 0.15) is 11.5 Å². The molecule has 0 fully saturated rings. The van der Waals surface area contributed by atoms with E-state index in [1.165, 1.54) is 21.9 Å². The van der Waals surface area contributed by atoms with E-state index in [0.29, 0.717) is 5.39 Å². The van der Waals surface area contributed by atoms with Gasteiger partial charge in [-0.3, -0.25) is 9.36 Å². The largest absolute Gasteiger partial charge is 0.457 e. The molecule has 0 bridgehead atoms. The number of nitrogens with zero attached hydrogens (tertiary/aromatic N) is 2. The Morgan fingerprint density at radius 3 is 1.88 bits per heavy atom. The molecule has 0 unspecified atom stereocenters. The predicted molar refractivity (Wildman–Crippen MR) is 209 cm³/mol. The van der Waals surface area contributed by atoms with Gasteiger partial charge in [-0.15, -0.1) is 0 Å². The van der Waals surface area contributed by atoms with Crippen LogP contribution in [0.15, 0.2) is 144 Å². The molecule has 4 nitrogen and oxygen atoms in total. The average Bonchev–Trinajstić information content (AvgIpc) is 3.13. The number of ether oxygens (including phenoxy) is 1. The summed E-state index contributed by atoms with van der Waals surface area (Å²) in [6.07, 6.45) is 1.97. The summed E-state index contributed by atoms with van der Waals surface area (Å²) in [6.45, 7) is 11.5. The molecule has 0 atom stereocenters. The predicted octanol–water partition coefficient (Wildman–Crippen LogP) is 10.4. The second-order valence-corrected chi connectivity index (χ2v) is 19.8. The minimum atomic E-state index is -1.73. The van der Waals surface area contributed by atoms with Crippen LogP contribution in [0.5, 0.6) is 11.5 Å². The first-order chi connectivity index (χ1) is 24.2. The summed E-state index contributed by atoms with van der Waals surface area (Å²) < 4.78 is 8.41. The van der Waals surface area contributed by atoms with Crippen LogP contribution in [0.25, 0.3) is 16.5 Å². The molecule has 50 heavy (non-hydrogen) atoms. The highest BCUT2D eigenvalue weighted by molar-refractivity contribution is 6.88. The zero-order valence-electron chi connectivity index (χ0n) is 29.0. The third kappa shape index (κ3) is 4.33. The molecule has 3 heterocycles. The van der Waals surface area contributed by atoms with E-state index in [1.54, 1.807) is 4.57 Å². The van der Waals surface area contributed by atoms with Crippen LogP contribution in [0.1, 0.15) is 33.4 Å². The van der Waals surface area contributed by atoms with Crippen LogP contribution < -0.4 is 20.4 Å². The minimum absolute atomic E-state index is 0.0208. The molecule has 5 heteroatoms. The number of aryl methyl sites for hydroxylation is 2. The maximum absolute atomic E-state index is 13.9. The van der Waals surface area contributed by atoms with Crippen LogP contribution in [-0.4, -0.2) is 12.6 Å². The molecule has 0 saturated heterocycles. The molecular formula is C45H38N2O2Si. The number of rotatable bonds is 3. The van der Waals surface area contributed by atoms with E-state index < -0.39 is 13.5 Å². The Bertz CT molecular complexity index is 2520. The van der Waals surface area contributed by atoms with Gasteiger partial charge in [-0.25, -0.2) is 0 Å². The Balaban J connectivity index is 1.37. The Morgan fingerprint density at radius 1 is 0.580 bits per heavy atom. The summed E-state index contributed by atoms with van der Waals surface area (Å²) in [4.78, 5) is 16.3. The van der Waals surface area contributed by atoms with E-state index >= 15 is 0 Å². The molecule has 1 spiro atoms. The second kappa shape index (κ2) is 10.9. The van der Waals surface area contributed by atoms with Crippen molar-refractivity contribution < 1.29 is 4.74 Å². The van der Waals surface area contributed by atoms with Crippen LogP contribution in [0.2, 0.25) is 19.6 Å². The van der Waals surface area contributed by atoms with Gasteiger partial charge in [-0.1, -0.05) is 109 Å². The molecule has 2 aliphatic rings. The monoisotopic (exact) mass is 666 g/mol. The summed E-state index contributed by atoms with van der Waals surface area (Å²) in [5.74, 6) is 1.76. The molecule has 2 aliphatic heterocycles. The van der Waals surface area contributed by atoms with E-state index in [9.17, 15) is 4.79 Å². The first-order valence-corrected chi connectivity index (χ1v) is 20.8. The number of para-hydroxylation sites is 3. The van der Waals surface area contributed by atoms with E-state index in [4.69, 9.17) is 4.74 Å². The van der Waals surface area contributed by atoms with Crippen LogP contribution in [0.3, 0.4) is 0 Å². The average molecular weight is 667 g/mol. The lowest BCUT2D eigenvalue weighted by Gasteiger charge is -2.49. The van der Waals surface area contributed by atoms with Crippen LogP contribution in [-0.2, 0) is 5.41 Å². The van der Waals surface area contributed by atoms with Crippen molar-refractivity contribution in [2.75, 3.05) is 4.90 Å². The van der Waals surface area contributed by atoms with E-state index in [0.717, 1.165) is 56.3 Å². The molecule has 9 rings (SSSR count). The fourth-order valence-corrected chi connectivity index (χ4v) is 9.35. The highest BCUT2D eigenvalue weighted by atomic mass is 28.3. The topological polar surface area (TPSA) is 34.5 Å². The third-order valence-corrected chi connectivity index (χ3v) is 12.6. The number of hydrogen-bond donors (Lipinski definition) is 0. The number of anilines is 3. The summed E-state index contributed by atoms with van der Waals surface area (Å²) in [5, 5.41) is 3.07. The lowest BCUT2D eigenvalue weighted by atomic mass is 9.61. The van der Waals surface area contributed by atoms with Crippen molar-refractivity contribution in [3.63, 3.8) is 0 Å². The van der Waals surface area contributed by atoms with Crippen molar-refractivity contribution in [1.29, 1.82) is 0 Å². The number of fused-ring (bicyclic) bond motifs is 9. The number of pyridine rings is 1. The summed E-state index contributed by atoms with van der Waals surface area (Å²) in [7, 11) is -1.73. The smallest absolute Gasteiger partial charge is 0.262 e. The van der Waals surface area contributed by atoms with Gasteiger partial charge in [0.05, 0.1) is 24.9 Å². The molecule has 0 saturated carbocycles. The van der Waals surface area contributed by atoms with Crippen molar-refractivity contribution in [2.45, 2.75) is 38.9 Å². The van der Waals surface area contributed by atoms with Gasteiger partial charge in [-0.2, -0.15) is 0 Å². The standard InChI is InChI=1S/C45H38N2O2Si/c1-29-19-23-40-38(25-29)45(36-15-9-11-17-42(36)49-43-18-12-10-16-37(43)45)39-27-33(50(3,4)5)21-24-41(39)47(40)32-20-22-34-35(26-32)30(2)28-46(44(34)48)31-13-7-6-8-14-31/h6-28H,1-5H3. The first-order valence-electron chi connectivity index (χ1n) is 17.3. The molecule has 0 radical (unpaired) electrons. The SMILES string of the molecule is Cc1ccc2c(c1)C1(c3ccccc3Oc3ccccc31)c1cc([Si](C)(C)C)ccc1N2c1ccc2c(=O)n(-c3ccccc3)cc(C)c2c1. The van der Waals surface area contributed by atoms with Gasteiger partial charge >= 0.3 is 0 Å². The van der Waals surface area contributed by atoms with Gasteiger partial charge in [-0.05, 0) is 90.5 Å². The zero-order chi connectivity index (χ0) is 34.4. The first kappa shape index (κ1) is 30.4. The Hall–Kier alpha value is -5.65. The summed E-state index contributed by atoms with van der Waals surface area (Å²) in [5.41, 5.74) is 10.5. The quantitative estimate of drug-likeness (QED) is 0.176.